The van der Waals surface area contributed by atoms with Gasteiger partial charge in [0, 0.05) is 47.5 Å². The molecule has 188 valence electrons. The van der Waals surface area contributed by atoms with Crippen LogP contribution in [0.15, 0.2) is 53.5 Å². The molecule has 1 aromatic heterocycles. The number of nitrogens with zero attached hydrogens (tertiary/aromatic N) is 3. The van der Waals surface area contributed by atoms with Crippen molar-refractivity contribution in [1.82, 2.24) is 9.78 Å². The molecule has 0 saturated carbocycles. The summed E-state index contributed by atoms with van der Waals surface area (Å²) >= 11 is 1.49. The van der Waals surface area contributed by atoms with Gasteiger partial charge in [0.25, 0.3) is 0 Å². The number of hydrogen-bond acceptors (Lipinski definition) is 6. The monoisotopic (exact) mass is 512 g/mol. The number of carbonyl (C=O) groups is 1. The number of aromatic nitrogens is 2. The Bertz CT molecular complexity index is 1340. The summed E-state index contributed by atoms with van der Waals surface area (Å²) in [5.74, 6) is -0.824. The first-order valence-electron chi connectivity index (χ1n) is 11.7. The van der Waals surface area contributed by atoms with E-state index in [0.29, 0.717) is 40.8 Å². The molecule has 2 N–H and O–H groups in total. The Morgan fingerprint density at radius 3 is 2.83 bits per heavy atom. The number of fused-ring (bicyclic) bond motifs is 1. The van der Waals surface area contributed by atoms with Gasteiger partial charge in [0.1, 0.15) is 23.3 Å². The van der Waals surface area contributed by atoms with Crippen LogP contribution in [0.2, 0.25) is 0 Å². The molecule has 36 heavy (non-hydrogen) atoms. The molecule has 2 aromatic carbocycles. The van der Waals surface area contributed by atoms with Gasteiger partial charge in [-0.3, -0.25) is 9.79 Å². The van der Waals surface area contributed by atoms with Crippen molar-refractivity contribution < 1.29 is 23.0 Å². The highest BCUT2D eigenvalue weighted by Crippen LogP contribution is 2.50. The van der Waals surface area contributed by atoms with Gasteiger partial charge in [-0.2, -0.15) is 5.10 Å². The maximum Gasteiger partial charge on any atom is 0.249 e. The lowest BCUT2D eigenvalue weighted by atomic mass is 9.74. The van der Waals surface area contributed by atoms with Gasteiger partial charge < -0.3 is 15.2 Å². The number of halogens is 2. The fourth-order valence-corrected chi connectivity index (χ4v) is 6.26. The highest BCUT2D eigenvalue weighted by atomic mass is 32.2. The summed E-state index contributed by atoms with van der Waals surface area (Å²) in [6, 6.07) is 12.3. The molecule has 0 spiro atoms. The third kappa shape index (κ3) is 4.28. The SMILES string of the molecule is CCOc1cc([C@H]2C[C@H]3CSC(c4ccccc4C(N)=O)=N[C@@]3(c3ccc(F)cc3F)CO2)nn1C. The minimum Gasteiger partial charge on any atom is -0.478 e. The summed E-state index contributed by atoms with van der Waals surface area (Å²) in [6.07, 6.45) is 0.197. The van der Waals surface area contributed by atoms with E-state index in [9.17, 15) is 9.18 Å². The summed E-state index contributed by atoms with van der Waals surface area (Å²) in [6.45, 7) is 2.48. The molecule has 1 saturated heterocycles. The number of hydrogen-bond donors (Lipinski definition) is 1. The Balaban J connectivity index is 1.57. The number of nitrogens with two attached hydrogens (primary N) is 1. The van der Waals surface area contributed by atoms with Crippen LogP contribution in [0, 0.1) is 17.6 Å². The second-order valence-corrected chi connectivity index (χ2v) is 9.89. The summed E-state index contributed by atoms with van der Waals surface area (Å²) < 4.78 is 42.6. The van der Waals surface area contributed by atoms with Crippen LogP contribution in [0.5, 0.6) is 5.88 Å². The lowest BCUT2D eigenvalue weighted by Crippen LogP contribution is -2.48. The number of carbonyl (C=O) groups excluding carboxylic acids is 1. The molecular formula is C26H26F2N4O3S. The van der Waals surface area contributed by atoms with E-state index in [4.69, 9.17) is 20.2 Å². The van der Waals surface area contributed by atoms with E-state index in [0.717, 1.165) is 11.8 Å². The summed E-state index contributed by atoms with van der Waals surface area (Å²) in [5.41, 5.74) is 6.42. The summed E-state index contributed by atoms with van der Waals surface area (Å²) in [4.78, 5) is 17.1. The predicted molar refractivity (Wildman–Crippen MR) is 133 cm³/mol. The fraction of sp³-hybridized carbons (Fsp3) is 0.346. The Hall–Kier alpha value is -3.24. The molecule has 3 atom stereocenters. The van der Waals surface area contributed by atoms with E-state index in [1.807, 2.05) is 13.0 Å². The van der Waals surface area contributed by atoms with Crippen LogP contribution in [-0.4, -0.2) is 39.7 Å². The smallest absolute Gasteiger partial charge is 0.249 e. The number of ether oxygens (including phenoxy) is 2. The fourth-order valence-electron chi connectivity index (χ4n) is 4.93. The molecule has 10 heteroatoms. The molecular weight excluding hydrogens is 486 g/mol. The number of primary amides is 1. The first-order valence-corrected chi connectivity index (χ1v) is 12.7. The van der Waals surface area contributed by atoms with E-state index in [2.05, 4.69) is 5.10 Å². The molecule has 1 fully saturated rings. The van der Waals surface area contributed by atoms with Crippen LogP contribution in [-0.2, 0) is 17.3 Å². The van der Waals surface area contributed by atoms with Gasteiger partial charge in [0.15, 0.2) is 0 Å². The van der Waals surface area contributed by atoms with Crippen molar-refractivity contribution in [3.05, 3.63) is 82.5 Å². The molecule has 2 aliphatic heterocycles. The van der Waals surface area contributed by atoms with E-state index in [-0.39, 0.29) is 24.2 Å². The third-order valence-corrected chi connectivity index (χ3v) is 7.85. The number of rotatable bonds is 6. The quantitative estimate of drug-likeness (QED) is 0.530. The zero-order valence-corrected chi connectivity index (χ0v) is 20.7. The van der Waals surface area contributed by atoms with Crippen LogP contribution in [0.3, 0.4) is 0 Å². The van der Waals surface area contributed by atoms with E-state index in [1.165, 1.54) is 23.9 Å². The standard InChI is InChI=1S/C26H26F2N4O3S/c1-3-34-23-12-21(31-32(23)2)22-10-15-13-36-25(18-7-5-4-6-17(18)24(29)33)30-26(15,14-35-22)19-9-8-16(27)11-20(19)28/h4-9,11-12,15,22H,3,10,13-14H2,1-2H3,(H2,29,33)/t15-,22+,26-/m0/s1. The van der Waals surface area contributed by atoms with E-state index in [1.54, 1.807) is 36.0 Å². The van der Waals surface area contributed by atoms with Crippen LogP contribution in [0.1, 0.15) is 46.6 Å². The number of aryl methyl sites for hydroxylation is 1. The normalized spacial score (nSPS) is 23.6. The van der Waals surface area contributed by atoms with Crippen molar-refractivity contribution in [2.24, 2.45) is 23.7 Å². The molecule has 1 amide bonds. The lowest BCUT2D eigenvalue weighted by molar-refractivity contribution is -0.0607. The predicted octanol–water partition coefficient (Wildman–Crippen LogP) is 4.36. The van der Waals surface area contributed by atoms with Gasteiger partial charge >= 0.3 is 0 Å². The largest absolute Gasteiger partial charge is 0.478 e. The molecule has 3 aromatic rings. The van der Waals surface area contributed by atoms with Gasteiger partial charge in [0.05, 0.1) is 24.0 Å². The van der Waals surface area contributed by atoms with Crippen molar-refractivity contribution in [3.63, 3.8) is 0 Å². The molecule has 0 radical (unpaired) electrons. The van der Waals surface area contributed by atoms with E-state index >= 15 is 4.39 Å². The van der Waals surface area contributed by atoms with Crippen molar-refractivity contribution in [2.75, 3.05) is 19.0 Å². The molecule has 2 aliphatic rings. The molecule has 0 aliphatic carbocycles. The minimum absolute atomic E-state index is 0.0637. The van der Waals surface area contributed by atoms with Crippen molar-refractivity contribution in [2.45, 2.75) is 25.0 Å². The second-order valence-electron chi connectivity index (χ2n) is 8.88. The maximum atomic E-state index is 15.2. The van der Waals surface area contributed by atoms with Gasteiger partial charge in [0.2, 0.25) is 11.8 Å². The molecule has 5 rings (SSSR count). The number of amides is 1. The Morgan fingerprint density at radius 1 is 1.28 bits per heavy atom. The number of aliphatic imine (C=N–C) groups is 1. The van der Waals surface area contributed by atoms with Crippen LogP contribution < -0.4 is 10.5 Å². The van der Waals surface area contributed by atoms with E-state index < -0.39 is 23.1 Å². The summed E-state index contributed by atoms with van der Waals surface area (Å²) in [5, 5.41) is 5.13. The molecule has 3 heterocycles. The van der Waals surface area contributed by atoms with Crippen LogP contribution >= 0.6 is 11.8 Å². The zero-order valence-electron chi connectivity index (χ0n) is 19.9. The number of benzene rings is 2. The van der Waals surface area contributed by atoms with Crippen molar-refractivity contribution in [3.8, 4) is 5.88 Å². The number of thioether (sulfide) groups is 1. The Morgan fingerprint density at radius 2 is 2.08 bits per heavy atom. The third-order valence-electron chi connectivity index (χ3n) is 6.70. The summed E-state index contributed by atoms with van der Waals surface area (Å²) in [7, 11) is 1.80. The van der Waals surface area contributed by atoms with Gasteiger partial charge in [-0.05, 0) is 25.5 Å². The second kappa shape index (κ2) is 9.67. The highest BCUT2D eigenvalue weighted by molar-refractivity contribution is 8.14. The zero-order chi connectivity index (χ0) is 25.4. The minimum atomic E-state index is -1.10. The van der Waals surface area contributed by atoms with Gasteiger partial charge in [-0.15, -0.1) is 11.8 Å². The average Bonchev–Trinajstić information content (AvgIpc) is 3.23. The maximum absolute atomic E-state index is 15.2. The topological polar surface area (TPSA) is 91.7 Å². The van der Waals surface area contributed by atoms with Gasteiger partial charge in [-0.1, -0.05) is 24.3 Å². The van der Waals surface area contributed by atoms with Crippen LogP contribution in [0.4, 0.5) is 8.78 Å². The molecule has 7 nitrogen and oxygen atoms in total. The lowest BCUT2D eigenvalue weighted by Gasteiger charge is -2.46. The first-order chi connectivity index (χ1) is 17.3. The average molecular weight is 513 g/mol. The molecule has 0 bridgehead atoms. The Kier molecular flexibility index (Phi) is 6.57. The first kappa shape index (κ1) is 24.5. The van der Waals surface area contributed by atoms with Gasteiger partial charge in [-0.25, -0.2) is 13.5 Å². The Labute approximate surface area is 211 Å². The highest BCUT2D eigenvalue weighted by Gasteiger charge is 2.50. The molecule has 0 unspecified atom stereocenters. The van der Waals surface area contributed by atoms with Crippen molar-refractivity contribution >= 4 is 22.7 Å². The van der Waals surface area contributed by atoms with Crippen molar-refractivity contribution in [1.29, 1.82) is 0 Å². The van der Waals surface area contributed by atoms with Crippen LogP contribution in [0.25, 0.3) is 0 Å².